The lowest BCUT2D eigenvalue weighted by Crippen LogP contribution is -2.18. The van der Waals surface area contributed by atoms with Crippen molar-refractivity contribution < 1.29 is 18.3 Å². The van der Waals surface area contributed by atoms with E-state index in [1.54, 1.807) is 12.1 Å². The Morgan fingerprint density at radius 3 is 2.81 bits per heavy atom. The van der Waals surface area contributed by atoms with Gasteiger partial charge in [0.05, 0.1) is 4.47 Å². The van der Waals surface area contributed by atoms with Gasteiger partial charge in [-0.2, -0.15) is 0 Å². The van der Waals surface area contributed by atoms with E-state index in [0.29, 0.717) is 10.0 Å². The molecule has 0 bridgehead atoms. The Balaban J connectivity index is 2.86. The molecule has 16 heavy (non-hydrogen) atoms. The Labute approximate surface area is 99.9 Å². The molecule has 0 spiro atoms. The highest BCUT2D eigenvalue weighted by molar-refractivity contribution is 9.10. The first kappa shape index (κ1) is 12.9. The van der Waals surface area contributed by atoms with E-state index < -0.39 is 13.0 Å². The molecule has 0 saturated heterocycles. The van der Waals surface area contributed by atoms with Gasteiger partial charge in [-0.25, -0.2) is 8.78 Å². The van der Waals surface area contributed by atoms with Gasteiger partial charge >= 0.3 is 0 Å². The Hall–Kier alpha value is -1.17. The van der Waals surface area contributed by atoms with Crippen LogP contribution in [0.2, 0.25) is 0 Å². The van der Waals surface area contributed by atoms with Crippen LogP contribution in [-0.2, 0) is 0 Å². The van der Waals surface area contributed by atoms with Crippen molar-refractivity contribution in [2.75, 3.05) is 13.7 Å². The number of benzene rings is 1. The number of ether oxygens (including phenoxy) is 1. The minimum Gasteiger partial charge on any atom is -0.486 e. The Morgan fingerprint density at radius 2 is 2.25 bits per heavy atom. The molecule has 1 rings (SSSR count). The number of carbonyl (C=O) groups excluding carboxylic acids is 1. The van der Waals surface area contributed by atoms with Crippen LogP contribution in [-0.4, -0.2) is 26.0 Å². The molecule has 0 aliphatic heterocycles. The van der Waals surface area contributed by atoms with E-state index in [0.717, 1.165) is 0 Å². The Bertz CT molecular complexity index is 385. The summed E-state index contributed by atoms with van der Waals surface area (Å²) in [5, 5.41) is 2.43. The summed E-state index contributed by atoms with van der Waals surface area (Å²) in [6, 6.07) is 4.55. The minimum absolute atomic E-state index is 0.224. The molecule has 1 aromatic carbocycles. The number of nitrogens with one attached hydrogen (secondary N) is 1. The van der Waals surface area contributed by atoms with Gasteiger partial charge in [0, 0.05) is 12.6 Å². The fourth-order valence-electron chi connectivity index (χ4n) is 1.05. The highest BCUT2D eigenvalue weighted by atomic mass is 79.9. The van der Waals surface area contributed by atoms with E-state index in [1.807, 2.05) is 0 Å². The summed E-state index contributed by atoms with van der Waals surface area (Å²) in [4.78, 5) is 11.3. The van der Waals surface area contributed by atoms with Crippen LogP contribution >= 0.6 is 15.9 Å². The number of rotatable bonds is 4. The van der Waals surface area contributed by atoms with E-state index >= 15 is 0 Å². The van der Waals surface area contributed by atoms with E-state index in [4.69, 9.17) is 4.74 Å². The molecule has 88 valence electrons. The molecule has 0 unspecified atom stereocenters. The Morgan fingerprint density at radius 1 is 1.56 bits per heavy atom. The first-order valence-corrected chi connectivity index (χ1v) is 5.26. The number of amides is 1. The van der Waals surface area contributed by atoms with Gasteiger partial charge in [0.15, 0.2) is 0 Å². The molecule has 0 aliphatic carbocycles. The fraction of sp³-hybridized carbons (Fsp3) is 0.300. The van der Waals surface area contributed by atoms with Crippen LogP contribution in [0.25, 0.3) is 0 Å². The second kappa shape index (κ2) is 5.79. The molecule has 0 aromatic heterocycles. The topological polar surface area (TPSA) is 38.3 Å². The molecule has 0 atom stereocenters. The van der Waals surface area contributed by atoms with Crippen LogP contribution in [0, 0.1) is 0 Å². The van der Waals surface area contributed by atoms with Crippen LogP contribution in [0.3, 0.4) is 0 Å². The molecule has 6 heteroatoms. The van der Waals surface area contributed by atoms with Crippen LogP contribution < -0.4 is 10.1 Å². The molecular weight excluding hydrogens is 284 g/mol. The zero-order chi connectivity index (χ0) is 12.1. The lowest BCUT2D eigenvalue weighted by Gasteiger charge is -2.09. The molecule has 0 fully saturated rings. The van der Waals surface area contributed by atoms with E-state index in [-0.39, 0.29) is 11.7 Å². The molecule has 1 amide bonds. The molecule has 0 aliphatic rings. The number of hydrogen-bond acceptors (Lipinski definition) is 2. The second-order valence-corrected chi connectivity index (χ2v) is 3.78. The van der Waals surface area contributed by atoms with Crippen molar-refractivity contribution in [2.45, 2.75) is 6.43 Å². The normalized spacial score (nSPS) is 10.3. The van der Waals surface area contributed by atoms with Gasteiger partial charge in [-0.1, -0.05) is 0 Å². The molecule has 1 aromatic rings. The SMILES string of the molecule is CNC(=O)c1ccc(Br)c(OCC(F)F)c1. The minimum atomic E-state index is -2.55. The predicted octanol–water partition coefficient (Wildman–Crippen LogP) is 2.45. The van der Waals surface area contributed by atoms with Gasteiger partial charge in [-0.3, -0.25) is 4.79 Å². The highest BCUT2D eigenvalue weighted by Crippen LogP contribution is 2.26. The lowest BCUT2D eigenvalue weighted by molar-refractivity contribution is 0.0814. The van der Waals surface area contributed by atoms with Gasteiger partial charge in [0.25, 0.3) is 12.3 Å². The zero-order valence-electron chi connectivity index (χ0n) is 8.47. The van der Waals surface area contributed by atoms with Gasteiger partial charge in [-0.05, 0) is 34.1 Å². The first-order chi connectivity index (χ1) is 7.54. The molecule has 0 radical (unpaired) electrons. The molecule has 0 saturated carbocycles. The van der Waals surface area contributed by atoms with E-state index in [9.17, 15) is 13.6 Å². The largest absolute Gasteiger partial charge is 0.486 e. The molecule has 1 N–H and O–H groups in total. The first-order valence-electron chi connectivity index (χ1n) is 4.47. The van der Waals surface area contributed by atoms with Crippen molar-refractivity contribution in [1.29, 1.82) is 0 Å². The Kier molecular flexibility index (Phi) is 4.67. The van der Waals surface area contributed by atoms with Crippen molar-refractivity contribution in [3.05, 3.63) is 28.2 Å². The summed E-state index contributed by atoms with van der Waals surface area (Å²) in [7, 11) is 1.49. The lowest BCUT2D eigenvalue weighted by atomic mass is 10.2. The maximum atomic E-state index is 12.0. The van der Waals surface area contributed by atoms with Gasteiger partial charge in [0.2, 0.25) is 0 Å². The van der Waals surface area contributed by atoms with Gasteiger partial charge in [0.1, 0.15) is 12.4 Å². The third-order valence-electron chi connectivity index (χ3n) is 1.79. The van der Waals surface area contributed by atoms with Crippen molar-refractivity contribution in [2.24, 2.45) is 0 Å². The third-order valence-corrected chi connectivity index (χ3v) is 2.44. The number of hydrogen-bond donors (Lipinski definition) is 1. The average molecular weight is 294 g/mol. The van der Waals surface area contributed by atoms with Crippen LogP contribution in [0.15, 0.2) is 22.7 Å². The van der Waals surface area contributed by atoms with Crippen molar-refractivity contribution in [3.8, 4) is 5.75 Å². The molecule has 0 heterocycles. The second-order valence-electron chi connectivity index (χ2n) is 2.93. The van der Waals surface area contributed by atoms with Gasteiger partial charge < -0.3 is 10.1 Å². The summed E-state index contributed by atoms with van der Waals surface area (Å²) in [6.45, 7) is -0.699. The summed E-state index contributed by atoms with van der Waals surface area (Å²) < 4.78 is 29.3. The standard InChI is InChI=1S/C10H10BrF2NO2/c1-14-10(15)6-2-3-7(11)8(4-6)16-5-9(12)13/h2-4,9H,5H2,1H3,(H,14,15). The highest BCUT2D eigenvalue weighted by Gasteiger charge is 2.10. The van der Waals surface area contributed by atoms with E-state index in [1.165, 1.54) is 13.1 Å². The summed E-state index contributed by atoms with van der Waals surface area (Å²) in [5.41, 5.74) is 0.356. The van der Waals surface area contributed by atoms with Crippen LogP contribution in [0.1, 0.15) is 10.4 Å². The average Bonchev–Trinajstić information content (AvgIpc) is 2.26. The predicted molar refractivity (Wildman–Crippen MR) is 59.0 cm³/mol. The molecular formula is C10H10BrF2NO2. The zero-order valence-corrected chi connectivity index (χ0v) is 10.1. The quantitative estimate of drug-likeness (QED) is 0.926. The van der Waals surface area contributed by atoms with Crippen molar-refractivity contribution in [3.63, 3.8) is 0 Å². The maximum absolute atomic E-state index is 12.0. The maximum Gasteiger partial charge on any atom is 0.272 e. The van der Waals surface area contributed by atoms with Crippen molar-refractivity contribution >= 4 is 21.8 Å². The number of carbonyl (C=O) groups is 1. The van der Waals surface area contributed by atoms with Crippen LogP contribution in [0.4, 0.5) is 8.78 Å². The number of halogens is 3. The van der Waals surface area contributed by atoms with Crippen molar-refractivity contribution in [1.82, 2.24) is 5.32 Å². The van der Waals surface area contributed by atoms with E-state index in [2.05, 4.69) is 21.2 Å². The smallest absolute Gasteiger partial charge is 0.272 e. The molecule has 3 nitrogen and oxygen atoms in total. The van der Waals surface area contributed by atoms with Gasteiger partial charge in [-0.15, -0.1) is 0 Å². The summed E-state index contributed by atoms with van der Waals surface area (Å²) >= 11 is 3.15. The number of alkyl halides is 2. The monoisotopic (exact) mass is 293 g/mol. The third kappa shape index (κ3) is 3.44. The summed E-state index contributed by atoms with van der Waals surface area (Å²) in [6.07, 6.45) is -2.55. The fourth-order valence-corrected chi connectivity index (χ4v) is 1.41. The summed E-state index contributed by atoms with van der Waals surface area (Å²) in [5.74, 6) is -0.0733. The van der Waals surface area contributed by atoms with Crippen LogP contribution in [0.5, 0.6) is 5.75 Å².